The second-order valence-electron chi connectivity index (χ2n) is 5.58. The Morgan fingerprint density at radius 1 is 1.14 bits per heavy atom. The number of hydrogen-bond donors (Lipinski definition) is 1. The fraction of sp³-hybridized carbons (Fsp3) is 0.389. The van der Waals surface area contributed by atoms with Crippen molar-refractivity contribution in [3.63, 3.8) is 0 Å². The largest absolute Gasteiger partial charge is 0.493 e. The lowest BCUT2D eigenvalue weighted by molar-refractivity contribution is 0.306. The second-order valence-corrected chi connectivity index (χ2v) is 5.58. The molecule has 1 aromatic carbocycles. The lowest BCUT2D eigenvalue weighted by Crippen LogP contribution is -2.16. The predicted molar refractivity (Wildman–Crippen MR) is 84.4 cm³/mol. The lowest BCUT2D eigenvalue weighted by Gasteiger charge is -2.11. The molecule has 0 unspecified atom stereocenters. The van der Waals surface area contributed by atoms with E-state index in [1.54, 1.807) is 6.20 Å². The Balaban J connectivity index is 1.45. The first kappa shape index (κ1) is 14.1. The van der Waals surface area contributed by atoms with Gasteiger partial charge in [-0.2, -0.15) is 0 Å². The average molecular weight is 282 g/mol. The van der Waals surface area contributed by atoms with Crippen LogP contribution < -0.4 is 10.1 Å². The summed E-state index contributed by atoms with van der Waals surface area (Å²) in [7, 11) is 0. The van der Waals surface area contributed by atoms with E-state index in [-0.39, 0.29) is 0 Å². The van der Waals surface area contributed by atoms with Crippen molar-refractivity contribution in [1.82, 2.24) is 10.3 Å². The molecule has 0 aliphatic heterocycles. The standard InChI is InChI=1S/C18H22N2O/c1-2-5-15(6-3-1)7-4-12-21-18-10-11-19-13-16(18)14-20-17-8-9-17/h1-3,5-6,10-11,13,17,20H,4,7-9,12,14H2. The first-order chi connectivity index (χ1) is 10.4. The van der Waals surface area contributed by atoms with Gasteiger partial charge in [0.05, 0.1) is 6.61 Å². The highest BCUT2D eigenvalue weighted by Gasteiger charge is 2.20. The first-order valence-electron chi connectivity index (χ1n) is 7.75. The molecule has 3 heteroatoms. The lowest BCUT2D eigenvalue weighted by atomic mass is 10.1. The number of ether oxygens (including phenoxy) is 1. The molecule has 0 bridgehead atoms. The molecule has 0 spiro atoms. The summed E-state index contributed by atoms with van der Waals surface area (Å²) in [6.07, 6.45) is 8.39. The zero-order chi connectivity index (χ0) is 14.3. The van der Waals surface area contributed by atoms with Crippen LogP contribution in [0.4, 0.5) is 0 Å². The highest BCUT2D eigenvalue weighted by atomic mass is 16.5. The van der Waals surface area contributed by atoms with E-state index in [1.807, 2.05) is 12.3 Å². The molecule has 0 amide bonds. The molecule has 3 nitrogen and oxygen atoms in total. The molecule has 110 valence electrons. The second kappa shape index (κ2) is 7.23. The first-order valence-corrected chi connectivity index (χ1v) is 7.75. The number of hydrogen-bond acceptors (Lipinski definition) is 3. The highest BCUT2D eigenvalue weighted by molar-refractivity contribution is 5.30. The van der Waals surface area contributed by atoms with Crippen LogP contribution in [0.5, 0.6) is 5.75 Å². The third-order valence-corrected chi connectivity index (χ3v) is 3.73. The van der Waals surface area contributed by atoms with Gasteiger partial charge in [-0.15, -0.1) is 0 Å². The summed E-state index contributed by atoms with van der Waals surface area (Å²) in [6.45, 7) is 1.60. The van der Waals surface area contributed by atoms with Gasteiger partial charge in [0.2, 0.25) is 0 Å². The molecular formula is C18H22N2O. The molecule has 21 heavy (non-hydrogen) atoms. The van der Waals surface area contributed by atoms with Crippen LogP contribution in [0, 0.1) is 0 Å². The van der Waals surface area contributed by atoms with Crippen molar-refractivity contribution in [1.29, 1.82) is 0 Å². The van der Waals surface area contributed by atoms with E-state index >= 15 is 0 Å². The van der Waals surface area contributed by atoms with Crippen LogP contribution in [0.15, 0.2) is 48.8 Å². The molecular weight excluding hydrogens is 260 g/mol. The third kappa shape index (κ3) is 4.57. The summed E-state index contributed by atoms with van der Waals surface area (Å²) in [6, 6.07) is 13.2. The molecule has 0 atom stereocenters. The Hall–Kier alpha value is -1.87. The number of benzene rings is 1. The Kier molecular flexibility index (Phi) is 4.85. The van der Waals surface area contributed by atoms with Crippen molar-refractivity contribution >= 4 is 0 Å². The van der Waals surface area contributed by atoms with E-state index in [1.165, 1.54) is 18.4 Å². The van der Waals surface area contributed by atoms with Gasteiger partial charge in [-0.05, 0) is 37.3 Å². The van der Waals surface area contributed by atoms with E-state index in [0.29, 0.717) is 6.04 Å². The number of nitrogens with zero attached hydrogens (tertiary/aromatic N) is 1. The molecule has 1 N–H and O–H groups in total. The number of aromatic nitrogens is 1. The molecule has 1 saturated carbocycles. The van der Waals surface area contributed by atoms with E-state index in [0.717, 1.165) is 37.3 Å². The molecule has 0 radical (unpaired) electrons. The molecule has 1 aliphatic rings. The minimum atomic E-state index is 0.705. The maximum absolute atomic E-state index is 5.93. The fourth-order valence-electron chi connectivity index (χ4n) is 2.33. The van der Waals surface area contributed by atoms with Crippen LogP contribution in [-0.2, 0) is 13.0 Å². The maximum atomic E-state index is 5.93. The van der Waals surface area contributed by atoms with Gasteiger partial charge in [0, 0.05) is 30.5 Å². The van der Waals surface area contributed by atoms with E-state index in [9.17, 15) is 0 Å². The van der Waals surface area contributed by atoms with Crippen LogP contribution in [-0.4, -0.2) is 17.6 Å². The van der Waals surface area contributed by atoms with Crippen molar-refractivity contribution < 1.29 is 4.74 Å². The minimum Gasteiger partial charge on any atom is -0.493 e. The molecule has 1 aliphatic carbocycles. The number of pyridine rings is 1. The molecule has 0 saturated heterocycles. The van der Waals surface area contributed by atoms with Gasteiger partial charge in [0.1, 0.15) is 5.75 Å². The van der Waals surface area contributed by atoms with Gasteiger partial charge in [-0.25, -0.2) is 0 Å². The van der Waals surface area contributed by atoms with Crippen LogP contribution in [0.2, 0.25) is 0 Å². The van der Waals surface area contributed by atoms with Crippen LogP contribution in [0.25, 0.3) is 0 Å². The Labute approximate surface area is 126 Å². The summed E-state index contributed by atoms with van der Waals surface area (Å²) >= 11 is 0. The van der Waals surface area contributed by atoms with Gasteiger partial charge >= 0.3 is 0 Å². The van der Waals surface area contributed by atoms with Gasteiger partial charge < -0.3 is 10.1 Å². The molecule has 1 heterocycles. The number of rotatable bonds is 8. The quantitative estimate of drug-likeness (QED) is 0.754. The molecule has 3 rings (SSSR count). The predicted octanol–water partition coefficient (Wildman–Crippen LogP) is 3.35. The average Bonchev–Trinajstić information content (AvgIpc) is 3.36. The fourth-order valence-corrected chi connectivity index (χ4v) is 2.33. The zero-order valence-electron chi connectivity index (χ0n) is 12.3. The Morgan fingerprint density at radius 2 is 2.00 bits per heavy atom. The normalized spacial score (nSPS) is 14.1. The Bertz CT molecular complexity index is 552. The highest BCUT2D eigenvalue weighted by Crippen LogP contribution is 2.22. The number of aryl methyl sites for hydroxylation is 1. The van der Waals surface area contributed by atoms with Crippen molar-refractivity contribution in [3.8, 4) is 5.75 Å². The van der Waals surface area contributed by atoms with E-state index < -0.39 is 0 Å². The molecule has 1 aromatic heterocycles. The number of nitrogens with one attached hydrogen (secondary N) is 1. The summed E-state index contributed by atoms with van der Waals surface area (Å²) in [5.74, 6) is 0.964. The van der Waals surface area contributed by atoms with Gasteiger partial charge in [0.25, 0.3) is 0 Å². The summed E-state index contributed by atoms with van der Waals surface area (Å²) in [5, 5.41) is 3.51. The molecule has 1 fully saturated rings. The SMILES string of the molecule is c1ccc(CCCOc2ccncc2CNC2CC2)cc1. The van der Waals surface area contributed by atoms with Crippen molar-refractivity contribution in [3.05, 3.63) is 59.9 Å². The topological polar surface area (TPSA) is 34.1 Å². The van der Waals surface area contributed by atoms with Crippen molar-refractivity contribution in [2.75, 3.05) is 6.61 Å². The summed E-state index contributed by atoms with van der Waals surface area (Å²) in [4.78, 5) is 4.20. The summed E-state index contributed by atoms with van der Waals surface area (Å²) < 4.78 is 5.93. The van der Waals surface area contributed by atoms with Gasteiger partial charge in [-0.3, -0.25) is 4.98 Å². The van der Waals surface area contributed by atoms with Gasteiger partial charge in [0.15, 0.2) is 0 Å². The van der Waals surface area contributed by atoms with Crippen LogP contribution in [0.3, 0.4) is 0 Å². The monoisotopic (exact) mass is 282 g/mol. The smallest absolute Gasteiger partial charge is 0.126 e. The summed E-state index contributed by atoms with van der Waals surface area (Å²) in [5.41, 5.74) is 2.52. The molecule has 2 aromatic rings. The van der Waals surface area contributed by atoms with E-state index in [4.69, 9.17) is 4.74 Å². The third-order valence-electron chi connectivity index (χ3n) is 3.73. The Morgan fingerprint density at radius 3 is 2.81 bits per heavy atom. The van der Waals surface area contributed by atoms with Crippen LogP contribution >= 0.6 is 0 Å². The van der Waals surface area contributed by atoms with Crippen LogP contribution in [0.1, 0.15) is 30.4 Å². The van der Waals surface area contributed by atoms with Crippen molar-refractivity contribution in [2.24, 2.45) is 0 Å². The zero-order valence-corrected chi connectivity index (χ0v) is 12.3. The van der Waals surface area contributed by atoms with Gasteiger partial charge in [-0.1, -0.05) is 30.3 Å². The minimum absolute atomic E-state index is 0.705. The van der Waals surface area contributed by atoms with E-state index in [2.05, 4.69) is 40.6 Å². The van der Waals surface area contributed by atoms with Crippen molar-refractivity contribution in [2.45, 2.75) is 38.3 Å². The maximum Gasteiger partial charge on any atom is 0.126 e.